The van der Waals surface area contributed by atoms with Crippen LogP contribution in [-0.2, 0) is 11.3 Å². The summed E-state index contributed by atoms with van der Waals surface area (Å²) in [4.78, 5) is 12.6. The second-order valence-electron chi connectivity index (χ2n) is 7.24. The van der Waals surface area contributed by atoms with Crippen LogP contribution >= 0.6 is 11.8 Å². The van der Waals surface area contributed by atoms with Crippen molar-refractivity contribution in [2.24, 2.45) is 0 Å². The number of carbonyl (C=O) groups excluding carboxylic acids is 1. The number of rotatable bonds is 8. The predicted molar refractivity (Wildman–Crippen MR) is 120 cm³/mol. The first-order valence-electron chi connectivity index (χ1n) is 9.73. The topological polar surface area (TPSA) is 59.8 Å². The molecule has 0 unspecified atom stereocenters. The molecule has 30 heavy (non-hydrogen) atoms. The molecule has 0 atom stereocenters. The number of carbonyl (C=O) groups is 1. The Morgan fingerprint density at radius 3 is 2.63 bits per heavy atom. The predicted octanol–water partition coefficient (Wildman–Crippen LogP) is 5.43. The van der Waals surface area contributed by atoms with Crippen molar-refractivity contribution in [3.63, 3.8) is 0 Å². The lowest BCUT2D eigenvalue weighted by Crippen LogP contribution is -2.17. The zero-order valence-electron chi connectivity index (χ0n) is 17.4. The summed E-state index contributed by atoms with van der Waals surface area (Å²) in [6.07, 6.45) is 1.74. The van der Waals surface area contributed by atoms with Gasteiger partial charge in [-0.05, 0) is 48.2 Å². The molecule has 1 N–H and O–H groups in total. The van der Waals surface area contributed by atoms with E-state index >= 15 is 0 Å². The summed E-state index contributed by atoms with van der Waals surface area (Å²) in [6, 6.07) is 12.1. The number of allylic oxidation sites excluding steroid dienone is 1. The van der Waals surface area contributed by atoms with Gasteiger partial charge in [0.25, 0.3) is 0 Å². The Labute approximate surface area is 180 Å². The van der Waals surface area contributed by atoms with Crippen molar-refractivity contribution in [1.82, 2.24) is 14.8 Å². The van der Waals surface area contributed by atoms with E-state index in [1.54, 1.807) is 18.2 Å². The van der Waals surface area contributed by atoms with Gasteiger partial charge in [-0.15, -0.1) is 16.8 Å². The number of aromatic nitrogens is 3. The van der Waals surface area contributed by atoms with E-state index in [0.29, 0.717) is 23.4 Å². The van der Waals surface area contributed by atoms with Gasteiger partial charge < -0.3 is 5.32 Å². The van der Waals surface area contributed by atoms with Gasteiger partial charge in [0, 0.05) is 17.8 Å². The largest absolute Gasteiger partial charge is 0.325 e. The van der Waals surface area contributed by atoms with Crippen molar-refractivity contribution in [3.05, 3.63) is 72.1 Å². The molecule has 1 amide bonds. The Hall–Kier alpha value is -2.93. The number of nitrogens with one attached hydrogen (secondary N) is 1. The van der Waals surface area contributed by atoms with Gasteiger partial charge in [0.05, 0.1) is 5.75 Å². The van der Waals surface area contributed by atoms with Gasteiger partial charge in [-0.25, -0.2) is 4.39 Å². The van der Waals surface area contributed by atoms with Crippen LogP contribution in [0.25, 0.3) is 11.4 Å². The van der Waals surface area contributed by atoms with Crippen LogP contribution in [0.2, 0.25) is 0 Å². The molecule has 0 aliphatic carbocycles. The van der Waals surface area contributed by atoms with Crippen molar-refractivity contribution in [2.45, 2.75) is 38.4 Å². The fourth-order valence-electron chi connectivity index (χ4n) is 3.15. The van der Waals surface area contributed by atoms with Crippen molar-refractivity contribution < 1.29 is 9.18 Å². The standard InChI is InChI=1S/C23H25FN4OS/c1-5-13-28-22(17-9-11-18(24)12-10-17)26-27-23(28)30-14-20(29)25-21-16(4)7-6-8-19(21)15(2)3/h5-12,15H,1,13-14H2,2-4H3,(H,25,29). The van der Waals surface area contributed by atoms with E-state index in [-0.39, 0.29) is 17.5 Å². The van der Waals surface area contributed by atoms with Gasteiger partial charge in [-0.3, -0.25) is 9.36 Å². The lowest BCUT2D eigenvalue weighted by Gasteiger charge is -2.16. The van der Waals surface area contributed by atoms with Gasteiger partial charge in [-0.1, -0.05) is 49.9 Å². The average Bonchev–Trinajstić information content (AvgIpc) is 3.11. The first-order valence-corrected chi connectivity index (χ1v) is 10.7. The van der Waals surface area contributed by atoms with Crippen LogP contribution in [0.1, 0.15) is 30.9 Å². The molecule has 2 aromatic carbocycles. The molecule has 0 bridgehead atoms. The number of aryl methyl sites for hydroxylation is 1. The van der Waals surface area contributed by atoms with E-state index < -0.39 is 0 Å². The monoisotopic (exact) mass is 424 g/mol. The molecular formula is C23H25FN4OS. The molecule has 0 saturated heterocycles. The second kappa shape index (κ2) is 9.71. The van der Waals surface area contributed by atoms with E-state index in [4.69, 9.17) is 0 Å². The number of hydrogen-bond acceptors (Lipinski definition) is 4. The molecule has 1 aromatic heterocycles. The minimum Gasteiger partial charge on any atom is -0.325 e. The third-order valence-corrected chi connectivity index (χ3v) is 5.62. The van der Waals surface area contributed by atoms with Crippen molar-refractivity contribution in [2.75, 3.05) is 11.1 Å². The van der Waals surface area contributed by atoms with Crippen molar-refractivity contribution in [1.29, 1.82) is 0 Å². The molecule has 3 aromatic rings. The lowest BCUT2D eigenvalue weighted by molar-refractivity contribution is -0.113. The summed E-state index contributed by atoms with van der Waals surface area (Å²) in [7, 11) is 0. The highest BCUT2D eigenvalue weighted by Crippen LogP contribution is 2.28. The molecule has 0 spiro atoms. The highest BCUT2D eigenvalue weighted by Gasteiger charge is 2.16. The van der Waals surface area contributed by atoms with Gasteiger partial charge in [0.15, 0.2) is 11.0 Å². The van der Waals surface area contributed by atoms with Gasteiger partial charge in [0.2, 0.25) is 5.91 Å². The van der Waals surface area contributed by atoms with Crippen molar-refractivity contribution in [3.8, 4) is 11.4 Å². The number of thioether (sulfide) groups is 1. The highest BCUT2D eigenvalue weighted by atomic mass is 32.2. The Balaban J connectivity index is 1.75. The van der Waals surface area contributed by atoms with Crippen LogP contribution in [0.15, 0.2) is 60.3 Å². The summed E-state index contributed by atoms with van der Waals surface area (Å²) in [5.74, 6) is 0.704. The molecule has 1 heterocycles. The number of amides is 1. The van der Waals surface area contributed by atoms with E-state index in [0.717, 1.165) is 22.4 Å². The molecule has 5 nitrogen and oxygen atoms in total. The maximum absolute atomic E-state index is 13.2. The number of nitrogens with zero attached hydrogens (tertiary/aromatic N) is 3. The maximum atomic E-state index is 13.2. The molecule has 0 fully saturated rings. The molecule has 0 aliphatic rings. The van der Waals surface area contributed by atoms with E-state index in [9.17, 15) is 9.18 Å². The van der Waals surface area contributed by atoms with Crippen LogP contribution in [-0.4, -0.2) is 26.4 Å². The molecule has 0 saturated carbocycles. The van der Waals surface area contributed by atoms with Crippen LogP contribution in [0, 0.1) is 12.7 Å². The number of anilines is 1. The zero-order chi connectivity index (χ0) is 21.7. The Kier molecular flexibility index (Phi) is 7.05. The van der Waals surface area contributed by atoms with E-state index in [1.807, 2.05) is 29.7 Å². The summed E-state index contributed by atoms with van der Waals surface area (Å²) in [5.41, 5.74) is 3.77. The van der Waals surface area contributed by atoms with Gasteiger partial charge >= 0.3 is 0 Å². The Morgan fingerprint density at radius 1 is 1.23 bits per heavy atom. The lowest BCUT2D eigenvalue weighted by atomic mass is 9.98. The number of hydrogen-bond donors (Lipinski definition) is 1. The minimum atomic E-state index is -0.309. The fourth-order valence-corrected chi connectivity index (χ4v) is 3.90. The van der Waals surface area contributed by atoms with Crippen LogP contribution in [0.5, 0.6) is 0 Å². The molecule has 0 aliphatic heterocycles. The van der Waals surface area contributed by atoms with E-state index in [2.05, 4.69) is 35.9 Å². The van der Waals surface area contributed by atoms with Gasteiger partial charge in [-0.2, -0.15) is 0 Å². The van der Waals surface area contributed by atoms with Crippen LogP contribution < -0.4 is 5.32 Å². The molecule has 156 valence electrons. The fraction of sp³-hybridized carbons (Fsp3) is 0.261. The summed E-state index contributed by atoms with van der Waals surface area (Å²) >= 11 is 1.31. The average molecular weight is 425 g/mol. The van der Waals surface area contributed by atoms with Gasteiger partial charge in [0.1, 0.15) is 5.82 Å². The minimum absolute atomic E-state index is 0.104. The normalized spacial score (nSPS) is 11.0. The van der Waals surface area contributed by atoms with Crippen molar-refractivity contribution >= 4 is 23.4 Å². The molecule has 3 rings (SSSR count). The first-order chi connectivity index (χ1) is 14.4. The third kappa shape index (κ3) is 4.97. The van der Waals surface area contributed by atoms with Crippen LogP contribution in [0.4, 0.5) is 10.1 Å². The molecular weight excluding hydrogens is 399 g/mol. The number of halogens is 1. The van der Waals surface area contributed by atoms with Crippen LogP contribution in [0.3, 0.4) is 0 Å². The second-order valence-corrected chi connectivity index (χ2v) is 8.19. The summed E-state index contributed by atoms with van der Waals surface area (Å²) < 4.78 is 15.1. The quantitative estimate of drug-likeness (QED) is 0.387. The van der Waals surface area contributed by atoms with E-state index in [1.165, 1.54) is 23.9 Å². The number of benzene rings is 2. The first kappa shape index (κ1) is 21.8. The summed E-state index contributed by atoms with van der Waals surface area (Å²) in [5, 5.41) is 12.1. The molecule has 0 radical (unpaired) electrons. The Bertz CT molecular complexity index is 1040. The zero-order valence-corrected chi connectivity index (χ0v) is 18.2. The maximum Gasteiger partial charge on any atom is 0.234 e. The molecule has 7 heteroatoms. The smallest absolute Gasteiger partial charge is 0.234 e. The summed E-state index contributed by atoms with van der Waals surface area (Å²) in [6.45, 7) is 10.5. The highest BCUT2D eigenvalue weighted by molar-refractivity contribution is 7.99. The third-order valence-electron chi connectivity index (χ3n) is 4.65. The SMILES string of the molecule is C=CCn1c(SCC(=O)Nc2c(C)cccc2C(C)C)nnc1-c1ccc(F)cc1. The Morgan fingerprint density at radius 2 is 1.97 bits per heavy atom. The number of para-hydroxylation sites is 1.